The summed E-state index contributed by atoms with van der Waals surface area (Å²) in [5.74, 6) is 3.97. The Bertz CT molecular complexity index is 437. The number of hydrogen-bond donors (Lipinski definition) is 2. The number of rotatable bonds is 6. The van der Waals surface area contributed by atoms with E-state index in [0.717, 1.165) is 63.1 Å². The lowest BCUT2D eigenvalue weighted by Crippen LogP contribution is -2.56. The van der Waals surface area contributed by atoms with Gasteiger partial charge in [-0.05, 0) is 57.3 Å². The van der Waals surface area contributed by atoms with Gasteiger partial charge in [0.2, 0.25) is 0 Å². The Morgan fingerprint density at radius 3 is 2.52 bits per heavy atom. The van der Waals surface area contributed by atoms with Crippen molar-refractivity contribution in [2.24, 2.45) is 22.7 Å². The van der Waals surface area contributed by atoms with E-state index in [4.69, 9.17) is 4.74 Å². The van der Waals surface area contributed by atoms with Crippen LogP contribution in [0.4, 0.5) is 0 Å². The first kappa shape index (κ1) is 21.2. The van der Waals surface area contributed by atoms with Crippen molar-refractivity contribution in [1.82, 2.24) is 15.5 Å². The first-order valence-electron chi connectivity index (χ1n) is 9.86. The zero-order valence-electron chi connectivity index (χ0n) is 16.2. The van der Waals surface area contributed by atoms with E-state index in [1.54, 1.807) is 0 Å². The maximum Gasteiger partial charge on any atom is 0.191 e. The van der Waals surface area contributed by atoms with Crippen molar-refractivity contribution in [2.45, 2.75) is 51.5 Å². The van der Waals surface area contributed by atoms with Crippen molar-refractivity contribution >= 4 is 29.9 Å². The Labute approximate surface area is 170 Å². The number of fused-ring (bicyclic) bond motifs is 2. The van der Waals surface area contributed by atoms with Gasteiger partial charge in [0.05, 0.1) is 13.2 Å². The summed E-state index contributed by atoms with van der Waals surface area (Å²) in [5, 5.41) is 7.05. The van der Waals surface area contributed by atoms with Crippen LogP contribution in [0.15, 0.2) is 4.99 Å². The van der Waals surface area contributed by atoms with Crippen molar-refractivity contribution < 1.29 is 4.74 Å². The molecule has 1 saturated heterocycles. The van der Waals surface area contributed by atoms with Crippen molar-refractivity contribution in [2.75, 3.05) is 46.4 Å². The van der Waals surface area contributed by atoms with Gasteiger partial charge in [-0.25, -0.2) is 0 Å². The average molecular weight is 464 g/mol. The van der Waals surface area contributed by atoms with Crippen LogP contribution >= 0.6 is 24.0 Å². The first-order chi connectivity index (χ1) is 11.6. The van der Waals surface area contributed by atoms with E-state index in [2.05, 4.69) is 34.4 Å². The minimum absolute atomic E-state index is 0. The molecule has 0 amide bonds. The third-order valence-electron chi connectivity index (χ3n) is 6.47. The molecule has 5 nitrogen and oxygen atoms in total. The molecule has 2 aliphatic carbocycles. The topological polar surface area (TPSA) is 48.9 Å². The largest absolute Gasteiger partial charge is 0.379 e. The van der Waals surface area contributed by atoms with Gasteiger partial charge >= 0.3 is 0 Å². The third kappa shape index (κ3) is 5.70. The van der Waals surface area contributed by atoms with Crippen LogP contribution in [-0.4, -0.2) is 62.8 Å². The summed E-state index contributed by atoms with van der Waals surface area (Å²) in [6, 6.07) is 0. The van der Waals surface area contributed by atoms with Gasteiger partial charge in [-0.2, -0.15) is 0 Å². The van der Waals surface area contributed by atoms with Gasteiger partial charge in [0.25, 0.3) is 0 Å². The third-order valence-corrected chi connectivity index (χ3v) is 6.47. The van der Waals surface area contributed by atoms with E-state index in [1.165, 1.54) is 32.1 Å². The monoisotopic (exact) mass is 464 g/mol. The summed E-state index contributed by atoms with van der Waals surface area (Å²) in [7, 11) is 1.87. The fourth-order valence-corrected chi connectivity index (χ4v) is 4.91. The summed E-state index contributed by atoms with van der Waals surface area (Å²) in [6.45, 7) is 10.3. The van der Waals surface area contributed by atoms with Gasteiger partial charge < -0.3 is 15.4 Å². The Morgan fingerprint density at radius 2 is 1.92 bits per heavy atom. The molecule has 0 aromatic carbocycles. The molecule has 3 rings (SSSR count). The highest BCUT2D eigenvalue weighted by atomic mass is 127. The smallest absolute Gasteiger partial charge is 0.191 e. The molecule has 146 valence electrons. The summed E-state index contributed by atoms with van der Waals surface area (Å²) >= 11 is 0. The van der Waals surface area contributed by atoms with Crippen molar-refractivity contribution in [1.29, 1.82) is 0 Å². The lowest BCUT2D eigenvalue weighted by Gasteiger charge is -2.41. The van der Waals surface area contributed by atoms with Crippen molar-refractivity contribution in [3.8, 4) is 0 Å². The maximum absolute atomic E-state index is 5.47. The van der Waals surface area contributed by atoms with Crippen LogP contribution in [-0.2, 0) is 4.74 Å². The fourth-order valence-electron chi connectivity index (χ4n) is 4.91. The Morgan fingerprint density at radius 1 is 1.16 bits per heavy atom. The standard InChI is InChI=1S/C19H36N4O.HI/c1-19(2,23-8-10-24-11-9-23)14-22-18(20-3)21-7-6-17-13-15-4-5-16(17)12-15;/h15-17H,4-14H2,1-3H3,(H2,20,21,22);1H. The van der Waals surface area contributed by atoms with Crippen molar-refractivity contribution in [3.05, 3.63) is 0 Å². The van der Waals surface area contributed by atoms with Gasteiger partial charge in [-0.1, -0.05) is 6.42 Å². The molecule has 6 heteroatoms. The Hall–Kier alpha value is -0.0800. The van der Waals surface area contributed by atoms with Crippen LogP contribution in [0.25, 0.3) is 0 Å². The second-order valence-electron chi connectivity index (χ2n) is 8.49. The predicted octanol–water partition coefficient (Wildman–Crippen LogP) is 2.71. The van der Waals surface area contributed by atoms with Gasteiger partial charge in [-0.3, -0.25) is 9.89 Å². The number of nitrogens with one attached hydrogen (secondary N) is 2. The number of morpholine rings is 1. The Balaban J connectivity index is 0.00000225. The second-order valence-corrected chi connectivity index (χ2v) is 8.49. The average Bonchev–Trinajstić information content (AvgIpc) is 3.21. The van der Waals surface area contributed by atoms with Crippen LogP contribution in [0.1, 0.15) is 46.0 Å². The molecule has 25 heavy (non-hydrogen) atoms. The number of nitrogens with zero attached hydrogens (tertiary/aromatic N) is 2. The number of hydrogen-bond acceptors (Lipinski definition) is 3. The maximum atomic E-state index is 5.47. The quantitative estimate of drug-likeness (QED) is 0.361. The van der Waals surface area contributed by atoms with E-state index in [9.17, 15) is 0 Å². The van der Waals surface area contributed by atoms with E-state index < -0.39 is 0 Å². The molecule has 2 saturated carbocycles. The molecule has 3 fully saturated rings. The molecule has 0 spiro atoms. The molecule has 2 N–H and O–H groups in total. The summed E-state index contributed by atoms with van der Waals surface area (Å²) in [4.78, 5) is 6.91. The summed E-state index contributed by atoms with van der Waals surface area (Å²) in [5.41, 5.74) is 0.117. The minimum atomic E-state index is 0. The predicted molar refractivity (Wildman–Crippen MR) is 115 cm³/mol. The highest BCUT2D eigenvalue weighted by Gasteiger charge is 2.38. The molecule has 3 atom stereocenters. The van der Waals surface area contributed by atoms with E-state index in [1.807, 2.05) is 7.05 Å². The molecule has 3 aliphatic rings. The van der Waals surface area contributed by atoms with E-state index >= 15 is 0 Å². The Kier molecular flexibility index (Phi) is 8.27. The molecule has 1 aliphatic heterocycles. The normalized spacial score (nSPS) is 30.2. The van der Waals surface area contributed by atoms with Crippen molar-refractivity contribution in [3.63, 3.8) is 0 Å². The molecular weight excluding hydrogens is 427 g/mol. The highest BCUT2D eigenvalue weighted by molar-refractivity contribution is 14.0. The zero-order valence-corrected chi connectivity index (χ0v) is 18.6. The number of halogens is 1. The molecule has 1 heterocycles. The van der Waals surface area contributed by atoms with Crippen LogP contribution in [0.2, 0.25) is 0 Å². The summed E-state index contributed by atoms with van der Waals surface area (Å²) in [6.07, 6.45) is 7.26. The van der Waals surface area contributed by atoms with Crippen LogP contribution in [0.3, 0.4) is 0 Å². The highest BCUT2D eigenvalue weighted by Crippen LogP contribution is 2.49. The minimum Gasteiger partial charge on any atom is -0.379 e. The van der Waals surface area contributed by atoms with Crippen LogP contribution in [0.5, 0.6) is 0 Å². The molecular formula is C19H37IN4O. The second kappa shape index (κ2) is 9.74. The van der Waals surface area contributed by atoms with Gasteiger partial charge in [0.1, 0.15) is 0 Å². The lowest BCUT2D eigenvalue weighted by atomic mass is 9.86. The molecule has 2 bridgehead atoms. The SMILES string of the molecule is CN=C(NCCC1CC2CCC1C2)NCC(C)(C)N1CCOCC1.I. The van der Waals surface area contributed by atoms with Gasteiger partial charge in [-0.15, -0.1) is 24.0 Å². The number of ether oxygens (including phenoxy) is 1. The van der Waals surface area contributed by atoms with Gasteiger partial charge in [0.15, 0.2) is 5.96 Å². The lowest BCUT2D eigenvalue weighted by molar-refractivity contribution is -0.00834. The zero-order chi connectivity index (χ0) is 17.0. The van der Waals surface area contributed by atoms with Crippen LogP contribution in [0, 0.1) is 17.8 Å². The molecule has 0 radical (unpaired) electrons. The first-order valence-corrected chi connectivity index (χ1v) is 9.86. The number of guanidine groups is 1. The van der Waals surface area contributed by atoms with E-state index in [0.29, 0.717) is 0 Å². The fraction of sp³-hybridized carbons (Fsp3) is 0.947. The van der Waals surface area contributed by atoms with Crippen LogP contribution < -0.4 is 10.6 Å². The number of aliphatic imine (C=N–C) groups is 1. The van der Waals surface area contributed by atoms with E-state index in [-0.39, 0.29) is 29.5 Å². The molecule has 0 aromatic heterocycles. The molecule has 0 aromatic rings. The summed E-state index contributed by atoms with van der Waals surface area (Å²) < 4.78 is 5.47. The van der Waals surface area contributed by atoms with Gasteiger partial charge in [0, 0.05) is 38.8 Å². The molecule has 3 unspecified atom stereocenters.